The number of methoxy groups -OCH3 is 1. The second kappa shape index (κ2) is 10.2. The zero-order valence-electron chi connectivity index (χ0n) is 17.6. The molecule has 1 atom stereocenters. The van der Waals surface area contributed by atoms with E-state index in [1.807, 2.05) is 20.9 Å². The maximum Gasteiger partial charge on any atom is 0.330 e. The minimum Gasteiger partial charge on any atom is -0.466 e. The molecular weight excluding hydrogens is 350 g/mol. The summed E-state index contributed by atoms with van der Waals surface area (Å²) in [6.07, 6.45) is 6.53. The van der Waals surface area contributed by atoms with Crippen LogP contribution < -0.4 is 5.84 Å². The van der Waals surface area contributed by atoms with Crippen molar-refractivity contribution in [2.75, 3.05) is 27.2 Å². The Bertz CT molecular complexity index is 748. The van der Waals surface area contributed by atoms with Gasteiger partial charge in [-0.1, -0.05) is 36.4 Å². The van der Waals surface area contributed by atoms with E-state index < -0.39 is 0 Å². The lowest BCUT2D eigenvalue weighted by Crippen LogP contribution is -2.27. The summed E-state index contributed by atoms with van der Waals surface area (Å²) >= 11 is 0. The number of benzene rings is 1. The summed E-state index contributed by atoms with van der Waals surface area (Å²) in [5.41, 5.74) is 5.70. The van der Waals surface area contributed by atoms with Gasteiger partial charge < -0.3 is 9.75 Å². The first-order valence-electron chi connectivity index (χ1n) is 9.77. The molecule has 0 aromatic heterocycles. The molecule has 0 spiro atoms. The molecule has 1 fully saturated rings. The van der Waals surface area contributed by atoms with E-state index in [1.165, 1.54) is 37.2 Å². The average Bonchev–Trinajstić information content (AvgIpc) is 3.14. The number of allylic oxidation sites excluding steroid dienone is 2. The van der Waals surface area contributed by atoms with Gasteiger partial charge >= 0.3 is 5.97 Å². The molecule has 0 unspecified atom stereocenters. The van der Waals surface area contributed by atoms with Crippen molar-refractivity contribution in [3.63, 3.8) is 0 Å². The van der Waals surface area contributed by atoms with Crippen LogP contribution in [0, 0.1) is 0 Å². The molecule has 2 N–H and O–H groups in total. The van der Waals surface area contributed by atoms with Crippen molar-refractivity contribution in [3.8, 4) is 0 Å². The maximum atomic E-state index is 11.2. The summed E-state index contributed by atoms with van der Waals surface area (Å²) < 4.78 is 4.63. The van der Waals surface area contributed by atoms with Gasteiger partial charge in [0, 0.05) is 31.4 Å². The van der Waals surface area contributed by atoms with Crippen molar-refractivity contribution in [3.05, 3.63) is 64.9 Å². The Morgan fingerprint density at radius 1 is 1.36 bits per heavy atom. The molecule has 28 heavy (non-hydrogen) atoms. The fraction of sp³-hybridized carbons (Fsp3) is 0.435. The van der Waals surface area contributed by atoms with Crippen molar-refractivity contribution in [1.29, 1.82) is 0 Å². The third-order valence-corrected chi connectivity index (χ3v) is 5.43. The summed E-state index contributed by atoms with van der Waals surface area (Å²) in [5.74, 6) is 5.59. The number of carbonyl (C=O) groups is 1. The van der Waals surface area contributed by atoms with Gasteiger partial charge in [-0.05, 0) is 62.4 Å². The van der Waals surface area contributed by atoms with Crippen LogP contribution in [0.5, 0.6) is 0 Å². The maximum absolute atomic E-state index is 11.2. The molecule has 0 aliphatic carbocycles. The zero-order valence-corrected chi connectivity index (χ0v) is 17.6. The fourth-order valence-corrected chi connectivity index (χ4v) is 3.70. The number of hydrazine groups is 1. The highest BCUT2D eigenvalue weighted by Crippen LogP contribution is 2.33. The second-order valence-electron chi connectivity index (χ2n) is 7.42. The third kappa shape index (κ3) is 5.81. The Hall–Kier alpha value is -2.37. The minimum atomic E-state index is -0.342. The number of likely N-dealkylation sites (tertiary alicyclic amines) is 1. The Balaban J connectivity index is 2.06. The molecule has 0 radical (unpaired) electrons. The zero-order chi connectivity index (χ0) is 20.7. The summed E-state index contributed by atoms with van der Waals surface area (Å²) in [4.78, 5) is 13.8. The van der Waals surface area contributed by atoms with Gasteiger partial charge in [0.25, 0.3) is 0 Å². The SMILES string of the molecule is C=C(C)/C(CCN1CCC[C@@H]1c1ccc(/C=C/C(=O)OC)cc1)=C(/C)N(C)N. The molecule has 1 aliphatic rings. The molecule has 1 aromatic carbocycles. The smallest absolute Gasteiger partial charge is 0.330 e. The van der Waals surface area contributed by atoms with Gasteiger partial charge in [-0.25, -0.2) is 10.6 Å². The molecule has 1 aliphatic heterocycles. The number of rotatable bonds is 8. The molecular formula is C23H33N3O2. The first-order chi connectivity index (χ1) is 13.3. The third-order valence-electron chi connectivity index (χ3n) is 5.43. The minimum absolute atomic E-state index is 0.342. The van der Waals surface area contributed by atoms with Crippen molar-refractivity contribution < 1.29 is 9.53 Å². The van der Waals surface area contributed by atoms with Gasteiger partial charge in [0.05, 0.1) is 7.11 Å². The molecule has 5 heteroatoms. The standard InChI is InChI=1S/C23H33N3O2/c1-17(2)21(18(3)25(4)24)14-16-26-15-6-7-22(26)20-11-8-19(9-12-20)10-13-23(27)28-5/h8-13,22H,1,6-7,14-16,24H2,2-5H3/b13-10+,21-18-/t22-/m1/s1. The fourth-order valence-electron chi connectivity index (χ4n) is 3.70. The molecule has 1 saturated heterocycles. The van der Waals surface area contributed by atoms with Crippen LogP contribution in [0.15, 0.2) is 53.8 Å². The van der Waals surface area contributed by atoms with E-state index in [-0.39, 0.29) is 5.97 Å². The van der Waals surface area contributed by atoms with Crippen LogP contribution in [0.4, 0.5) is 0 Å². The van der Waals surface area contributed by atoms with E-state index in [0.717, 1.165) is 36.3 Å². The molecule has 1 heterocycles. The molecule has 2 rings (SSSR count). The summed E-state index contributed by atoms with van der Waals surface area (Å²) in [6.45, 7) is 10.3. The highest BCUT2D eigenvalue weighted by molar-refractivity contribution is 5.86. The van der Waals surface area contributed by atoms with Crippen LogP contribution in [0.3, 0.4) is 0 Å². The number of ether oxygens (including phenoxy) is 1. The van der Waals surface area contributed by atoms with Gasteiger partial charge in [-0.15, -0.1) is 0 Å². The molecule has 0 saturated carbocycles. The van der Waals surface area contributed by atoms with E-state index in [0.29, 0.717) is 6.04 Å². The largest absolute Gasteiger partial charge is 0.466 e. The Morgan fingerprint density at radius 2 is 2.04 bits per heavy atom. The average molecular weight is 384 g/mol. The number of hydrogen-bond acceptors (Lipinski definition) is 5. The molecule has 0 amide bonds. The van der Waals surface area contributed by atoms with E-state index in [4.69, 9.17) is 5.84 Å². The van der Waals surface area contributed by atoms with E-state index >= 15 is 0 Å². The summed E-state index contributed by atoms with van der Waals surface area (Å²) in [6, 6.07) is 8.86. The van der Waals surface area contributed by atoms with Crippen LogP contribution in [0.1, 0.15) is 50.3 Å². The Labute approximate surface area is 169 Å². The van der Waals surface area contributed by atoms with Crippen molar-refractivity contribution >= 4 is 12.0 Å². The number of hydrogen-bond donors (Lipinski definition) is 1. The van der Waals surface area contributed by atoms with E-state index in [2.05, 4.69) is 40.5 Å². The first-order valence-corrected chi connectivity index (χ1v) is 9.77. The van der Waals surface area contributed by atoms with Gasteiger partial charge in [-0.3, -0.25) is 4.90 Å². The van der Waals surface area contributed by atoms with Crippen LogP contribution in [-0.4, -0.2) is 43.1 Å². The van der Waals surface area contributed by atoms with Gasteiger partial charge in [0.15, 0.2) is 0 Å². The molecule has 1 aromatic rings. The monoisotopic (exact) mass is 383 g/mol. The number of esters is 1. The molecule has 0 bridgehead atoms. The van der Waals surface area contributed by atoms with Gasteiger partial charge in [0.2, 0.25) is 0 Å². The topological polar surface area (TPSA) is 58.8 Å². The lowest BCUT2D eigenvalue weighted by atomic mass is 10.0. The molecule has 152 valence electrons. The Morgan fingerprint density at radius 3 is 2.61 bits per heavy atom. The highest BCUT2D eigenvalue weighted by atomic mass is 16.5. The van der Waals surface area contributed by atoms with Gasteiger partial charge in [-0.2, -0.15) is 0 Å². The molecule has 5 nitrogen and oxygen atoms in total. The van der Waals surface area contributed by atoms with Crippen molar-refractivity contribution in [1.82, 2.24) is 9.91 Å². The van der Waals surface area contributed by atoms with Gasteiger partial charge in [0.1, 0.15) is 0 Å². The van der Waals surface area contributed by atoms with Crippen LogP contribution >= 0.6 is 0 Å². The van der Waals surface area contributed by atoms with E-state index in [1.54, 1.807) is 11.1 Å². The highest BCUT2D eigenvalue weighted by Gasteiger charge is 2.26. The predicted molar refractivity (Wildman–Crippen MR) is 115 cm³/mol. The van der Waals surface area contributed by atoms with Crippen molar-refractivity contribution in [2.24, 2.45) is 5.84 Å². The quantitative estimate of drug-likeness (QED) is 0.241. The lowest BCUT2D eigenvalue weighted by Gasteiger charge is -2.27. The van der Waals surface area contributed by atoms with E-state index in [9.17, 15) is 4.79 Å². The first kappa shape index (κ1) is 21.9. The summed E-state index contributed by atoms with van der Waals surface area (Å²) in [7, 11) is 3.25. The number of carbonyl (C=O) groups excluding carboxylic acids is 1. The predicted octanol–water partition coefficient (Wildman–Crippen LogP) is 4.06. The van der Waals surface area contributed by atoms with Crippen molar-refractivity contribution in [2.45, 2.75) is 39.2 Å². The lowest BCUT2D eigenvalue weighted by molar-refractivity contribution is -0.134. The van der Waals surface area contributed by atoms with Crippen LogP contribution in [-0.2, 0) is 9.53 Å². The summed E-state index contributed by atoms with van der Waals surface area (Å²) in [5, 5.41) is 1.67. The second-order valence-corrected chi connectivity index (χ2v) is 7.42. The van der Waals surface area contributed by atoms with Crippen LogP contribution in [0.2, 0.25) is 0 Å². The normalized spacial score (nSPS) is 18.2. The van der Waals surface area contributed by atoms with Crippen LogP contribution in [0.25, 0.3) is 6.08 Å². The Kier molecular flexibility index (Phi) is 8.03. The number of nitrogens with zero attached hydrogens (tertiary/aromatic N) is 2. The number of nitrogens with two attached hydrogens (primary N) is 1.